The Kier molecular flexibility index (Phi) is 40.3. The number of allylic oxidation sites excluding steroid dienone is 19. The normalized spacial score (nSPS) is 13.3. The van der Waals surface area contributed by atoms with Gasteiger partial charge in [0.15, 0.2) is 6.10 Å². The number of hydrogen-bond acceptors (Lipinski definition) is 6. The van der Waals surface area contributed by atoms with E-state index in [0.29, 0.717) is 6.42 Å². The molecule has 0 saturated heterocycles. The van der Waals surface area contributed by atoms with Crippen LogP contribution in [0, 0.1) is 0 Å². The molecule has 1 atom stereocenters. The summed E-state index contributed by atoms with van der Waals surface area (Å²) in [6.45, 7) is 6.16. The lowest BCUT2D eigenvalue weighted by molar-refractivity contribution is -0.166. The number of rotatable bonds is 36. The van der Waals surface area contributed by atoms with Crippen molar-refractivity contribution >= 4 is 17.9 Å². The number of ether oxygens (including phenoxy) is 3. The monoisotopic (exact) mass is 773 g/mol. The van der Waals surface area contributed by atoms with Gasteiger partial charge in [-0.3, -0.25) is 14.4 Å². The fourth-order valence-corrected chi connectivity index (χ4v) is 5.17. The van der Waals surface area contributed by atoms with Gasteiger partial charge in [-0.25, -0.2) is 0 Å². The third-order valence-corrected chi connectivity index (χ3v) is 8.38. The van der Waals surface area contributed by atoms with Crippen LogP contribution in [0.4, 0.5) is 0 Å². The minimum absolute atomic E-state index is 0.119. The summed E-state index contributed by atoms with van der Waals surface area (Å²) in [5, 5.41) is 0. The minimum atomic E-state index is -0.837. The molecule has 0 saturated carbocycles. The maximum absolute atomic E-state index is 12.7. The molecule has 0 aliphatic heterocycles. The molecule has 6 nitrogen and oxygen atoms in total. The maximum atomic E-state index is 12.7. The van der Waals surface area contributed by atoms with Crippen molar-refractivity contribution in [2.75, 3.05) is 13.2 Å². The van der Waals surface area contributed by atoms with Crippen molar-refractivity contribution in [3.63, 3.8) is 0 Å². The third kappa shape index (κ3) is 41.0. The molecule has 0 rings (SSSR count). The number of carbonyl (C=O) groups excluding carboxylic acids is 3. The molecule has 312 valence electrons. The fraction of sp³-hybridized carbons (Fsp3) is 0.540. The van der Waals surface area contributed by atoms with E-state index in [1.54, 1.807) is 6.08 Å². The number of carbonyl (C=O) groups is 3. The van der Waals surface area contributed by atoms with E-state index in [-0.39, 0.29) is 44.4 Å². The van der Waals surface area contributed by atoms with Gasteiger partial charge in [-0.15, -0.1) is 0 Å². The van der Waals surface area contributed by atoms with E-state index in [2.05, 4.69) is 69.4 Å². The maximum Gasteiger partial charge on any atom is 0.309 e. The molecule has 0 N–H and O–H groups in total. The van der Waals surface area contributed by atoms with E-state index in [9.17, 15) is 14.4 Å². The van der Waals surface area contributed by atoms with Gasteiger partial charge in [0.25, 0.3) is 0 Å². The molecular formula is C50H76O6. The first kappa shape index (κ1) is 51.8. The minimum Gasteiger partial charge on any atom is -0.462 e. The largest absolute Gasteiger partial charge is 0.462 e. The molecule has 0 aliphatic carbocycles. The first-order valence-corrected chi connectivity index (χ1v) is 21.6. The molecule has 56 heavy (non-hydrogen) atoms. The second-order valence-electron chi connectivity index (χ2n) is 13.7. The van der Waals surface area contributed by atoms with Crippen LogP contribution in [0.5, 0.6) is 0 Å². The van der Waals surface area contributed by atoms with Crippen LogP contribution in [0.3, 0.4) is 0 Å². The van der Waals surface area contributed by atoms with E-state index in [4.69, 9.17) is 14.2 Å². The lowest BCUT2D eigenvalue weighted by Crippen LogP contribution is -2.30. The first-order valence-electron chi connectivity index (χ1n) is 21.6. The summed E-state index contributed by atoms with van der Waals surface area (Å²) in [7, 11) is 0. The predicted molar refractivity (Wildman–Crippen MR) is 237 cm³/mol. The zero-order valence-corrected chi connectivity index (χ0v) is 35.3. The first-order chi connectivity index (χ1) is 27.5. The van der Waals surface area contributed by atoms with Crippen molar-refractivity contribution in [2.24, 2.45) is 0 Å². The van der Waals surface area contributed by atoms with Crippen molar-refractivity contribution in [1.82, 2.24) is 0 Å². The fourth-order valence-electron chi connectivity index (χ4n) is 5.17. The lowest BCUT2D eigenvalue weighted by Gasteiger charge is -2.18. The van der Waals surface area contributed by atoms with E-state index in [0.717, 1.165) is 83.5 Å². The average molecular weight is 773 g/mol. The summed E-state index contributed by atoms with van der Waals surface area (Å²) >= 11 is 0. The van der Waals surface area contributed by atoms with Crippen LogP contribution in [0.25, 0.3) is 0 Å². The Bertz CT molecular complexity index is 1260. The summed E-state index contributed by atoms with van der Waals surface area (Å²) in [6.07, 6.45) is 59.2. The topological polar surface area (TPSA) is 78.9 Å². The van der Waals surface area contributed by atoms with Crippen molar-refractivity contribution in [3.05, 3.63) is 122 Å². The second kappa shape index (κ2) is 43.5. The lowest BCUT2D eigenvalue weighted by atomic mass is 10.1. The van der Waals surface area contributed by atoms with Gasteiger partial charge >= 0.3 is 17.9 Å². The van der Waals surface area contributed by atoms with Crippen LogP contribution in [0.2, 0.25) is 0 Å². The average Bonchev–Trinajstić information content (AvgIpc) is 3.19. The smallest absolute Gasteiger partial charge is 0.309 e. The quantitative estimate of drug-likeness (QED) is 0.0207. The van der Waals surface area contributed by atoms with E-state index >= 15 is 0 Å². The van der Waals surface area contributed by atoms with Crippen molar-refractivity contribution in [1.29, 1.82) is 0 Å². The van der Waals surface area contributed by atoms with Gasteiger partial charge < -0.3 is 14.2 Å². The Balaban J connectivity index is 4.57. The van der Waals surface area contributed by atoms with E-state index in [1.165, 1.54) is 25.7 Å². The van der Waals surface area contributed by atoms with E-state index < -0.39 is 12.1 Å². The highest BCUT2D eigenvalue weighted by Crippen LogP contribution is 2.11. The molecule has 0 amide bonds. The zero-order chi connectivity index (χ0) is 40.8. The van der Waals surface area contributed by atoms with Crippen molar-refractivity contribution in [3.8, 4) is 0 Å². The Morgan fingerprint density at radius 1 is 0.411 bits per heavy atom. The van der Waals surface area contributed by atoms with Crippen LogP contribution < -0.4 is 0 Å². The molecule has 0 spiro atoms. The molecular weight excluding hydrogens is 697 g/mol. The predicted octanol–water partition coefficient (Wildman–Crippen LogP) is 13.8. The Morgan fingerprint density at radius 2 is 0.857 bits per heavy atom. The zero-order valence-electron chi connectivity index (χ0n) is 35.3. The molecule has 6 heteroatoms. The molecule has 0 bridgehead atoms. The van der Waals surface area contributed by atoms with Gasteiger partial charge in [0.2, 0.25) is 0 Å². The van der Waals surface area contributed by atoms with Crippen LogP contribution in [-0.4, -0.2) is 37.2 Å². The van der Waals surface area contributed by atoms with Crippen molar-refractivity contribution < 1.29 is 28.6 Å². The summed E-state index contributed by atoms with van der Waals surface area (Å²) in [6, 6.07) is 0. The van der Waals surface area contributed by atoms with Crippen molar-refractivity contribution in [2.45, 2.75) is 162 Å². The molecule has 0 aromatic carbocycles. The van der Waals surface area contributed by atoms with Gasteiger partial charge in [0.05, 0.1) is 6.42 Å². The number of esters is 3. The highest BCUT2D eigenvalue weighted by Gasteiger charge is 2.19. The van der Waals surface area contributed by atoms with Gasteiger partial charge in [-0.1, -0.05) is 181 Å². The summed E-state index contributed by atoms with van der Waals surface area (Å²) in [5.41, 5.74) is 0. The van der Waals surface area contributed by atoms with Crippen LogP contribution >= 0.6 is 0 Å². The summed E-state index contributed by atoms with van der Waals surface area (Å²) < 4.78 is 16.5. The standard InChI is InChI=1S/C50H76O6/c1-4-7-10-13-16-19-21-23-24-25-26-27-29-31-34-37-40-43-49(52)55-46-47(45-54-48(51)42-39-36-33-30-18-15-12-9-6-3)56-50(53)44-41-38-35-32-28-22-20-17-14-11-8-5-2/h7,9-10,12-13,16-21,23-27,29-30,36,39,47H,4-6,8,11,14-15,22,28,31-35,37-38,40-46H2,1-3H3/b10-7-,12-9-,16-13-,20-17-,21-19-,24-23-,26-25+,29-27-,30-18-,39-36-. The molecule has 0 heterocycles. The molecule has 0 fully saturated rings. The van der Waals surface area contributed by atoms with Gasteiger partial charge in [0, 0.05) is 12.8 Å². The van der Waals surface area contributed by atoms with Gasteiger partial charge in [-0.05, 0) is 77.0 Å². The second-order valence-corrected chi connectivity index (χ2v) is 13.7. The van der Waals surface area contributed by atoms with E-state index in [1.807, 2.05) is 66.8 Å². The molecule has 0 aromatic heterocycles. The number of hydrogen-bond donors (Lipinski definition) is 0. The molecule has 1 unspecified atom stereocenters. The van der Waals surface area contributed by atoms with Crippen LogP contribution in [0.15, 0.2) is 122 Å². The van der Waals surface area contributed by atoms with Crippen LogP contribution in [-0.2, 0) is 28.6 Å². The Morgan fingerprint density at radius 3 is 1.46 bits per heavy atom. The summed E-state index contributed by atoms with van der Waals surface area (Å²) in [5.74, 6) is -1.13. The highest BCUT2D eigenvalue weighted by molar-refractivity contribution is 5.72. The molecule has 0 aliphatic rings. The molecule has 0 aromatic rings. The van der Waals surface area contributed by atoms with Crippen LogP contribution in [0.1, 0.15) is 156 Å². The number of unbranched alkanes of at least 4 members (excludes halogenated alkanes) is 11. The SMILES string of the molecule is CC\C=C/C=C\C=C/C=C\C=C\C=C/CCCCCC(=O)OCC(COC(=O)C/C=C\C/C=C\C/C=C\CC)OC(=O)CCCCCCC/C=C\CCCCC. The highest BCUT2D eigenvalue weighted by atomic mass is 16.6. The Hall–Kier alpha value is -4.19. The molecule has 0 radical (unpaired) electrons. The van der Waals surface area contributed by atoms with Gasteiger partial charge in [0.1, 0.15) is 13.2 Å². The third-order valence-electron chi connectivity index (χ3n) is 8.38. The summed E-state index contributed by atoms with van der Waals surface area (Å²) in [4.78, 5) is 37.6. The Labute approximate surface area is 342 Å². The van der Waals surface area contributed by atoms with Gasteiger partial charge in [-0.2, -0.15) is 0 Å².